The van der Waals surface area contributed by atoms with Crippen molar-refractivity contribution < 1.29 is 14.6 Å². The zero-order valence-electron chi connectivity index (χ0n) is 18.0. The summed E-state index contributed by atoms with van der Waals surface area (Å²) in [6, 6.07) is 13.4. The number of β-amino-alcohol motifs (C(OH)–C–C–N with tert-alkyl or cyclic N) is 1. The van der Waals surface area contributed by atoms with Gasteiger partial charge in [0.1, 0.15) is 23.7 Å². The van der Waals surface area contributed by atoms with Crippen LogP contribution in [0.5, 0.6) is 5.75 Å². The van der Waals surface area contributed by atoms with Gasteiger partial charge < -0.3 is 24.8 Å². The van der Waals surface area contributed by atoms with Crippen LogP contribution < -0.4 is 15.0 Å². The number of nitrogens with one attached hydrogen (secondary N) is 1. The van der Waals surface area contributed by atoms with Gasteiger partial charge in [-0.2, -0.15) is 5.26 Å². The fourth-order valence-corrected chi connectivity index (χ4v) is 3.85. The van der Waals surface area contributed by atoms with Crippen LogP contribution >= 0.6 is 0 Å². The summed E-state index contributed by atoms with van der Waals surface area (Å²) in [5.41, 5.74) is 2.74. The molecule has 2 aliphatic rings. The van der Waals surface area contributed by atoms with Gasteiger partial charge in [0.25, 0.3) is 0 Å². The zero-order valence-corrected chi connectivity index (χ0v) is 18.0. The number of aliphatic hydroxyl groups is 1. The minimum absolute atomic E-state index is 0.0673. The summed E-state index contributed by atoms with van der Waals surface area (Å²) in [6.45, 7) is 2.57. The van der Waals surface area contributed by atoms with E-state index in [1.54, 1.807) is 24.5 Å². The van der Waals surface area contributed by atoms with Crippen LogP contribution in [0.4, 0.5) is 17.5 Å². The van der Waals surface area contributed by atoms with Crippen LogP contribution in [0, 0.1) is 11.3 Å². The molecule has 33 heavy (non-hydrogen) atoms. The summed E-state index contributed by atoms with van der Waals surface area (Å²) in [5, 5.41) is 22.3. The van der Waals surface area contributed by atoms with Gasteiger partial charge >= 0.3 is 0 Å². The Morgan fingerprint density at radius 3 is 2.70 bits per heavy atom. The number of aromatic nitrogens is 3. The summed E-state index contributed by atoms with van der Waals surface area (Å²) >= 11 is 0. The molecule has 1 aromatic carbocycles. The van der Waals surface area contributed by atoms with Gasteiger partial charge in [-0.25, -0.2) is 15.0 Å². The van der Waals surface area contributed by atoms with Gasteiger partial charge in [0, 0.05) is 37.7 Å². The van der Waals surface area contributed by atoms with Crippen LogP contribution in [0.3, 0.4) is 0 Å². The maximum absolute atomic E-state index is 9.64. The molecular formula is C24H24N6O3. The number of pyridine rings is 1. The van der Waals surface area contributed by atoms with Crippen LogP contribution in [-0.4, -0.2) is 58.6 Å². The molecule has 3 aromatic rings. The standard InChI is InChI=1S/C24H24N6O3/c25-12-17-11-16(1-3-22(17)33-20-6-9-32-10-7-20)21-5-8-26-24(29-21)28-18-2-4-23(27-13-18)30-14-19(31)15-30/h1-5,8,11,13,19-20,31H,6-7,9-10,14-15H2,(H,26,28,29). The highest BCUT2D eigenvalue weighted by Crippen LogP contribution is 2.28. The van der Waals surface area contributed by atoms with E-state index in [1.807, 2.05) is 29.2 Å². The molecule has 2 N–H and O–H groups in total. The lowest BCUT2D eigenvalue weighted by atomic mass is 10.1. The molecule has 0 radical (unpaired) electrons. The molecule has 2 saturated heterocycles. The summed E-state index contributed by atoms with van der Waals surface area (Å²) in [4.78, 5) is 15.3. The maximum atomic E-state index is 9.64. The van der Waals surface area contributed by atoms with Gasteiger partial charge in [-0.05, 0) is 36.4 Å². The third-order valence-electron chi connectivity index (χ3n) is 5.70. The van der Waals surface area contributed by atoms with E-state index in [2.05, 4.69) is 26.3 Å². The number of hydrogen-bond donors (Lipinski definition) is 2. The maximum Gasteiger partial charge on any atom is 0.227 e. The van der Waals surface area contributed by atoms with E-state index in [0.29, 0.717) is 49.3 Å². The number of nitrogens with zero attached hydrogens (tertiary/aromatic N) is 5. The molecule has 0 aliphatic carbocycles. The molecule has 5 rings (SSSR count). The van der Waals surface area contributed by atoms with E-state index in [9.17, 15) is 10.4 Å². The zero-order chi connectivity index (χ0) is 22.6. The molecule has 4 heterocycles. The highest BCUT2D eigenvalue weighted by atomic mass is 16.5. The van der Waals surface area contributed by atoms with Crippen LogP contribution in [0.1, 0.15) is 18.4 Å². The van der Waals surface area contributed by atoms with Gasteiger partial charge in [-0.15, -0.1) is 0 Å². The molecule has 9 nitrogen and oxygen atoms in total. The van der Waals surface area contributed by atoms with Crippen LogP contribution in [0.15, 0.2) is 48.8 Å². The minimum atomic E-state index is -0.273. The SMILES string of the molecule is N#Cc1cc(-c2ccnc(Nc3ccc(N4CC(O)C4)nc3)n2)ccc1OC1CCOCC1. The molecule has 9 heteroatoms. The number of hydrogen-bond acceptors (Lipinski definition) is 9. The van der Waals surface area contributed by atoms with E-state index in [0.717, 1.165) is 29.9 Å². The fourth-order valence-electron chi connectivity index (χ4n) is 3.85. The van der Waals surface area contributed by atoms with Gasteiger partial charge in [-0.3, -0.25) is 0 Å². The van der Waals surface area contributed by atoms with Crippen molar-refractivity contribution >= 4 is 17.5 Å². The predicted octanol–water partition coefficient (Wildman–Crippen LogP) is 2.89. The number of aliphatic hydroxyl groups excluding tert-OH is 1. The number of ether oxygens (including phenoxy) is 2. The number of benzene rings is 1. The van der Waals surface area contributed by atoms with E-state index >= 15 is 0 Å². The van der Waals surface area contributed by atoms with Crippen molar-refractivity contribution in [2.45, 2.75) is 25.0 Å². The van der Waals surface area contributed by atoms with Crippen molar-refractivity contribution in [1.82, 2.24) is 15.0 Å². The van der Waals surface area contributed by atoms with Gasteiger partial charge in [-0.1, -0.05) is 0 Å². The van der Waals surface area contributed by atoms with Crippen molar-refractivity contribution in [3.63, 3.8) is 0 Å². The lowest BCUT2D eigenvalue weighted by Gasteiger charge is -2.36. The normalized spacial score (nSPS) is 16.7. The van der Waals surface area contributed by atoms with Crippen molar-refractivity contribution in [2.75, 3.05) is 36.5 Å². The molecule has 0 spiro atoms. The molecule has 168 valence electrons. The quantitative estimate of drug-likeness (QED) is 0.592. The van der Waals surface area contributed by atoms with Gasteiger partial charge in [0.05, 0.1) is 42.5 Å². The van der Waals surface area contributed by atoms with Crippen molar-refractivity contribution in [1.29, 1.82) is 5.26 Å². The third-order valence-corrected chi connectivity index (χ3v) is 5.70. The smallest absolute Gasteiger partial charge is 0.227 e. The van der Waals surface area contributed by atoms with E-state index in [4.69, 9.17) is 9.47 Å². The second-order valence-corrected chi connectivity index (χ2v) is 8.11. The summed E-state index contributed by atoms with van der Waals surface area (Å²) in [5.74, 6) is 1.84. The van der Waals surface area contributed by atoms with Gasteiger partial charge in [0.2, 0.25) is 5.95 Å². The number of rotatable bonds is 6. The van der Waals surface area contributed by atoms with Crippen LogP contribution in [0.25, 0.3) is 11.3 Å². The molecule has 2 aliphatic heterocycles. The first-order valence-corrected chi connectivity index (χ1v) is 11.0. The molecule has 0 unspecified atom stereocenters. The Morgan fingerprint density at radius 1 is 1.12 bits per heavy atom. The Balaban J connectivity index is 1.29. The number of nitriles is 1. The fraction of sp³-hybridized carbons (Fsp3) is 0.333. The first-order chi connectivity index (χ1) is 16.2. The Bertz CT molecular complexity index is 1150. The largest absolute Gasteiger partial charge is 0.489 e. The lowest BCUT2D eigenvalue weighted by molar-refractivity contribution is 0.0254. The van der Waals surface area contributed by atoms with Gasteiger partial charge in [0.15, 0.2) is 0 Å². The molecule has 0 bridgehead atoms. The topological polar surface area (TPSA) is 116 Å². The van der Waals surface area contributed by atoms with E-state index in [-0.39, 0.29) is 12.2 Å². The van der Waals surface area contributed by atoms with Crippen LogP contribution in [0.2, 0.25) is 0 Å². The summed E-state index contributed by atoms with van der Waals surface area (Å²) in [6.07, 6.45) is 4.83. The average Bonchev–Trinajstić information content (AvgIpc) is 2.84. The summed E-state index contributed by atoms with van der Waals surface area (Å²) in [7, 11) is 0. The van der Waals surface area contributed by atoms with Crippen molar-refractivity contribution in [3.8, 4) is 23.1 Å². The monoisotopic (exact) mass is 444 g/mol. The molecule has 2 fully saturated rings. The molecule has 0 saturated carbocycles. The third kappa shape index (κ3) is 4.87. The first kappa shape index (κ1) is 21.1. The molecular weight excluding hydrogens is 420 g/mol. The Labute approximate surface area is 191 Å². The van der Waals surface area contributed by atoms with Crippen molar-refractivity contribution in [3.05, 3.63) is 54.4 Å². The Morgan fingerprint density at radius 2 is 1.97 bits per heavy atom. The number of anilines is 3. The molecule has 0 amide bonds. The van der Waals surface area contributed by atoms with E-state index < -0.39 is 0 Å². The Kier molecular flexibility index (Phi) is 6.02. The lowest BCUT2D eigenvalue weighted by Crippen LogP contribution is -2.51. The van der Waals surface area contributed by atoms with E-state index in [1.165, 1.54) is 0 Å². The summed E-state index contributed by atoms with van der Waals surface area (Å²) < 4.78 is 11.4. The molecule has 2 aromatic heterocycles. The predicted molar refractivity (Wildman–Crippen MR) is 122 cm³/mol. The second-order valence-electron chi connectivity index (χ2n) is 8.11. The average molecular weight is 444 g/mol. The highest BCUT2D eigenvalue weighted by molar-refractivity contribution is 5.66. The minimum Gasteiger partial charge on any atom is -0.489 e. The first-order valence-electron chi connectivity index (χ1n) is 11.0. The highest BCUT2D eigenvalue weighted by Gasteiger charge is 2.25. The molecule has 0 atom stereocenters. The Hall–Kier alpha value is -3.74. The van der Waals surface area contributed by atoms with Crippen molar-refractivity contribution in [2.24, 2.45) is 0 Å². The van der Waals surface area contributed by atoms with Crippen LogP contribution in [-0.2, 0) is 4.74 Å². The second kappa shape index (κ2) is 9.40.